The number of aromatic nitrogens is 2. The van der Waals surface area contributed by atoms with Gasteiger partial charge in [0, 0.05) is 37.9 Å². The van der Waals surface area contributed by atoms with Crippen LogP contribution in [0, 0.1) is 11.8 Å². The van der Waals surface area contributed by atoms with Gasteiger partial charge >= 0.3 is 6.18 Å². The highest BCUT2D eigenvalue weighted by molar-refractivity contribution is 5.91. The Labute approximate surface area is 186 Å². The van der Waals surface area contributed by atoms with Gasteiger partial charge in [-0.05, 0) is 63.4 Å². The summed E-state index contributed by atoms with van der Waals surface area (Å²) in [7, 11) is 2.10. The highest BCUT2D eigenvalue weighted by Gasteiger charge is 2.35. The lowest BCUT2D eigenvalue weighted by atomic mass is 9.92. The van der Waals surface area contributed by atoms with E-state index in [9.17, 15) is 18.0 Å². The van der Waals surface area contributed by atoms with Crippen LogP contribution in [0.1, 0.15) is 38.2 Å². The van der Waals surface area contributed by atoms with Crippen molar-refractivity contribution in [2.75, 3.05) is 38.1 Å². The molecule has 0 aliphatic carbocycles. The van der Waals surface area contributed by atoms with Crippen molar-refractivity contribution in [1.29, 1.82) is 0 Å². The molecule has 0 bridgehead atoms. The third kappa shape index (κ3) is 5.14. The van der Waals surface area contributed by atoms with Crippen LogP contribution in [0.5, 0.6) is 0 Å². The number of rotatable bonds is 4. The zero-order valence-electron chi connectivity index (χ0n) is 18.5. The lowest BCUT2D eigenvalue weighted by Crippen LogP contribution is -2.51. The molecule has 1 amide bonds. The summed E-state index contributed by atoms with van der Waals surface area (Å²) in [6.45, 7) is 5.38. The molecule has 2 fully saturated rings. The van der Waals surface area contributed by atoms with Gasteiger partial charge in [0.2, 0.25) is 5.91 Å². The molecule has 1 aromatic carbocycles. The first-order valence-electron chi connectivity index (χ1n) is 11.2. The maximum absolute atomic E-state index is 13.4. The Morgan fingerprint density at radius 1 is 1.12 bits per heavy atom. The van der Waals surface area contributed by atoms with Gasteiger partial charge in [0.05, 0.1) is 11.3 Å². The van der Waals surface area contributed by atoms with Gasteiger partial charge in [0.15, 0.2) is 0 Å². The largest absolute Gasteiger partial charge is 0.418 e. The second-order valence-corrected chi connectivity index (χ2v) is 9.34. The SMILES string of the molecule is C[C@H]1C[C@@H](NC(=O)CC2CCN(C)CC2)CN(c2ccc(C(F)(F)F)c3nccnc23)C1. The van der Waals surface area contributed by atoms with Crippen LogP contribution in [-0.4, -0.2) is 60.0 Å². The highest BCUT2D eigenvalue weighted by atomic mass is 19.4. The molecular formula is C23H30F3N5O. The van der Waals surface area contributed by atoms with Crippen LogP contribution < -0.4 is 10.2 Å². The molecule has 1 N–H and O–H groups in total. The Balaban J connectivity index is 1.49. The summed E-state index contributed by atoms with van der Waals surface area (Å²) in [4.78, 5) is 25.2. The van der Waals surface area contributed by atoms with Gasteiger partial charge in [-0.1, -0.05) is 6.92 Å². The van der Waals surface area contributed by atoms with E-state index < -0.39 is 11.7 Å². The summed E-state index contributed by atoms with van der Waals surface area (Å²) in [6, 6.07) is 2.51. The summed E-state index contributed by atoms with van der Waals surface area (Å²) in [5.74, 6) is 0.763. The molecule has 4 rings (SSSR count). The smallest absolute Gasteiger partial charge is 0.367 e. The number of benzene rings is 1. The van der Waals surface area contributed by atoms with E-state index in [2.05, 4.69) is 34.2 Å². The number of alkyl halides is 3. The molecule has 9 heteroatoms. The Bertz CT molecular complexity index is 958. The van der Waals surface area contributed by atoms with Crippen molar-refractivity contribution in [3.8, 4) is 0 Å². The molecule has 174 valence electrons. The lowest BCUT2D eigenvalue weighted by Gasteiger charge is -2.39. The zero-order valence-corrected chi connectivity index (χ0v) is 18.5. The van der Waals surface area contributed by atoms with Crippen LogP contribution in [0.3, 0.4) is 0 Å². The first-order chi connectivity index (χ1) is 15.2. The van der Waals surface area contributed by atoms with E-state index in [1.165, 1.54) is 18.5 Å². The molecule has 0 radical (unpaired) electrons. The summed E-state index contributed by atoms with van der Waals surface area (Å²) < 4.78 is 40.3. The molecule has 32 heavy (non-hydrogen) atoms. The Kier molecular flexibility index (Phi) is 6.55. The van der Waals surface area contributed by atoms with Gasteiger partial charge in [-0.2, -0.15) is 13.2 Å². The molecule has 2 atom stereocenters. The number of hydrogen-bond donors (Lipinski definition) is 1. The average molecular weight is 450 g/mol. The first-order valence-corrected chi connectivity index (χ1v) is 11.2. The van der Waals surface area contributed by atoms with E-state index in [1.807, 2.05) is 4.90 Å². The maximum atomic E-state index is 13.4. The van der Waals surface area contributed by atoms with Crippen molar-refractivity contribution in [2.24, 2.45) is 11.8 Å². The lowest BCUT2D eigenvalue weighted by molar-refractivity contribution is -0.136. The van der Waals surface area contributed by atoms with E-state index in [0.717, 1.165) is 38.4 Å². The van der Waals surface area contributed by atoms with Gasteiger partial charge in [-0.3, -0.25) is 14.8 Å². The fourth-order valence-electron chi connectivity index (χ4n) is 4.99. The van der Waals surface area contributed by atoms with Gasteiger partial charge < -0.3 is 15.1 Å². The summed E-state index contributed by atoms with van der Waals surface area (Å²) in [5, 5.41) is 3.18. The molecular weight excluding hydrogens is 419 g/mol. The third-order valence-electron chi connectivity index (χ3n) is 6.59. The van der Waals surface area contributed by atoms with Crippen LogP contribution >= 0.6 is 0 Å². The molecule has 0 unspecified atom stereocenters. The zero-order chi connectivity index (χ0) is 22.9. The number of likely N-dealkylation sites (tertiary alicyclic amines) is 1. The number of anilines is 1. The highest BCUT2D eigenvalue weighted by Crippen LogP contribution is 2.37. The number of carbonyl (C=O) groups is 1. The fourth-order valence-corrected chi connectivity index (χ4v) is 4.99. The Morgan fingerprint density at radius 3 is 2.50 bits per heavy atom. The molecule has 6 nitrogen and oxygen atoms in total. The monoisotopic (exact) mass is 449 g/mol. The minimum absolute atomic E-state index is 0.0495. The van der Waals surface area contributed by atoms with E-state index in [-0.39, 0.29) is 28.9 Å². The van der Waals surface area contributed by atoms with Crippen molar-refractivity contribution in [3.63, 3.8) is 0 Å². The average Bonchev–Trinajstić information content (AvgIpc) is 2.73. The van der Waals surface area contributed by atoms with Crippen molar-refractivity contribution in [1.82, 2.24) is 20.2 Å². The van der Waals surface area contributed by atoms with Crippen LogP contribution in [0.15, 0.2) is 24.5 Å². The molecule has 1 aromatic heterocycles. The van der Waals surface area contributed by atoms with Crippen LogP contribution in [0.2, 0.25) is 0 Å². The Morgan fingerprint density at radius 2 is 1.81 bits per heavy atom. The third-order valence-corrected chi connectivity index (χ3v) is 6.59. The first kappa shape index (κ1) is 22.8. The molecule has 2 aliphatic heterocycles. The number of fused-ring (bicyclic) bond motifs is 1. The second-order valence-electron chi connectivity index (χ2n) is 9.34. The number of piperidine rings is 2. The fraction of sp³-hybridized carbons (Fsp3) is 0.609. The standard InChI is InChI=1S/C23H30F3N5O/c1-15-11-17(29-20(32)12-16-5-9-30(2)10-6-16)14-31(13-15)19-4-3-18(23(24,25)26)21-22(19)28-8-7-27-21/h3-4,7-8,15-17H,5-6,9-14H2,1-2H3,(H,29,32)/t15-,17+/m0/s1. The van der Waals surface area contributed by atoms with Gasteiger partial charge in [0.25, 0.3) is 0 Å². The van der Waals surface area contributed by atoms with E-state index in [1.54, 1.807) is 0 Å². The molecule has 0 saturated carbocycles. The van der Waals surface area contributed by atoms with Crippen molar-refractivity contribution in [3.05, 3.63) is 30.1 Å². The summed E-state index contributed by atoms with van der Waals surface area (Å²) in [6.07, 6.45) is 1.66. The minimum atomic E-state index is -4.49. The maximum Gasteiger partial charge on any atom is 0.418 e. The molecule has 2 aliphatic rings. The van der Waals surface area contributed by atoms with Crippen LogP contribution in [-0.2, 0) is 11.0 Å². The molecule has 2 aromatic rings. The van der Waals surface area contributed by atoms with Crippen molar-refractivity contribution in [2.45, 2.75) is 44.8 Å². The predicted octanol–water partition coefficient (Wildman–Crippen LogP) is 3.71. The van der Waals surface area contributed by atoms with E-state index in [4.69, 9.17) is 0 Å². The van der Waals surface area contributed by atoms with Gasteiger partial charge in [-0.25, -0.2) is 0 Å². The number of carbonyl (C=O) groups excluding carboxylic acids is 1. The minimum Gasteiger partial charge on any atom is -0.367 e. The van der Waals surface area contributed by atoms with Crippen molar-refractivity contribution < 1.29 is 18.0 Å². The number of halogens is 3. The predicted molar refractivity (Wildman–Crippen MR) is 117 cm³/mol. The molecule has 3 heterocycles. The number of amides is 1. The normalized spacial score (nSPS) is 23.5. The van der Waals surface area contributed by atoms with Gasteiger partial charge in [0.1, 0.15) is 11.0 Å². The number of hydrogen-bond acceptors (Lipinski definition) is 5. The number of nitrogens with one attached hydrogen (secondary N) is 1. The van der Waals surface area contributed by atoms with Crippen LogP contribution in [0.25, 0.3) is 11.0 Å². The van der Waals surface area contributed by atoms with Gasteiger partial charge in [-0.15, -0.1) is 0 Å². The van der Waals surface area contributed by atoms with Crippen molar-refractivity contribution >= 4 is 22.6 Å². The topological polar surface area (TPSA) is 61.4 Å². The molecule has 2 saturated heterocycles. The summed E-state index contributed by atoms with van der Waals surface area (Å²) >= 11 is 0. The number of nitrogens with zero attached hydrogens (tertiary/aromatic N) is 4. The summed E-state index contributed by atoms with van der Waals surface area (Å²) in [5.41, 5.74) is -0.0500. The molecule has 0 spiro atoms. The quantitative estimate of drug-likeness (QED) is 0.771. The van der Waals surface area contributed by atoms with E-state index >= 15 is 0 Å². The van der Waals surface area contributed by atoms with Crippen LogP contribution in [0.4, 0.5) is 18.9 Å². The second kappa shape index (κ2) is 9.21. The Hall–Kier alpha value is -2.42. The van der Waals surface area contributed by atoms with E-state index in [0.29, 0.717) is 31.1 Å².